The van der Waals surface area contributed by atoms with Crippen molar-refractivity contribution in [2.75, 3.05) is 0 Å². The fourth-order valence-electron chi connectivity index (χ4n) is 6.67. The number of hydrogen-bond acceptors (Lipinski definition) is 3. The van der Waals surface area contributed by atoms with Crippen molar-refractivity contribution in [3.05, 3.63) is 126 Å². The fraction of sp³-hybridized carbons (Fsp3) is 0.298. The molecule has 6 aromatic rings. The summed E-state index contributed by atoms with van der Waals surface area (Å²) in [5, 5.41) is 26.5. The van der Waals surface area contributed by atoms with Crippen LogP contribution in [0.2, 0.25) is 0 Å². The third kappa shape index (κ3) is 8.20. The number of nitrogens with zero attached hydrogens (tertiary/aromatic N) is 2. The first-order valence-electron chi connectivity index (χ1n) is 18.1. The number of allylic oxidation sites excluding steroid dienone is 2. The molecule has 0 fully saturated rings. The van der Waals surface area contributed by atoms with Crippen molar-refractivity contribution >= 4 is 38.1 Å². The maximum atomic E-state index is 10.2. The number of rotatable bonds is 9. The zero-order chi connectivity index (χ0) is 36.9. The van der Waals surface area contributed by atoms with E-state index >= 15 is 0 Å². The van der Waals surface area contributed by atoms with Crippen LogP contribution in [0, 0.1) is 42.1 Å². The molecule has 5 heteroatoms. The normalized spacial score (nSPS) is 11.9. The summed E-state index contributed by atoms with van der Waals surface area (Å²) in [5.41, 5.74) is 6.84. The van der Waals surface area contributed by atoms with Gasteiger partial charge in [-0.1, -0.05) is 97.0 Å². The standard InChI is InChI=1S/C32H21N2.C15H28O2.Ir/c1-20-15-21(2)17-26(16-20)32-31-12-11-28-27-9-7-24(23-5-3-22(19-33)4-6-23)18-25(27)8-10-29(28)30(31)13-14-34-32;1-7-14(5,8-2)12(16)11-13(17)15(6,9-3)10-4;/h3-16,18H,1-2H3;11,16H,7-10H2,1-6H3;/q-1;;/p+1/b;12-11-;. The van der Waals surface area contributed by atoms with Crippen molar-refractivity contribution in [2.24, 2.45) is 10.8 Å². The number of aromatic nitrogens is 1. The van der Waals surface area contributed by atoms with E-state index in [0.717, 1.165) is 59.0 Å². The van der Waals surface area contributed by atoms with Gasteiger partial charge in [0.1, 0.15) is 5.76 Å². The van der Waals surface area contributed by atoms with Gasteiger partial charge in [-0.05, 0) is 106 Å². The predicted molar refractivity (Wildman–Crippen MR) is 216 cm³/mol. The molecular weight excluding hydrogens is 817 g/mol. The molecule has 0 aliphatic rings. The van der Waals surface area contributed by atoms with Crippen molar-refractivity contribution in [2.45, 2.75) is 81.1 Å². The summed E-state index contributed by atoms with van der Waals surface area (Å²) in [6.07, 6.45) is 6.95. The molecule has 52 heavy (non-hydrogen) atoms. The Morgan fingerprint density at radius 3 is 1.92 bits per heavy atom. The van der Waals surface area contributed by atoms with Crippen LogP contribution >= 0.6 is 0 Å². The number of benzene rings is 5. The van der Waals surface area contributed by atoms with E-state index in [1.165, 1.54) is 32.5 Å². The van der Waals surface area contributed by atoms with Gasteiger partial charge in [0.25, 0.3) is 0 Å². The van der Waals surface area contributed by atoms with Gasteiger partial charge in [0.05, 0.1) is 23.1 Å². The Bertz CT molecular complexity index is 2270. The van der Waals surface area contributed by atoms with Gasteiger partial charge in [0.2, 0.25) is 0 Å². The Balaban J connectivity index is 0.000000289. The summed E-state index contributed by atoms with van der Waals surface area (Å²) in [4.78, 5) is 14.9. The predicted octanol–water partition coefficient (Wildman–Crippen LogP) is 12.8. The minimum Gasteiger partial charge on any atom is -0.511 e. The Labute approximate surface area is 323 Å². The van der Waals surface area contributed by atoms with Crippen LogP contribution in [0.1, 0.15) is 83.9 Å². The summed E-state index contributed by atoms with van der Waals surface area (Å²) in [5.74, 6) is 0.598. The molecule has 0 amide bonds. The zero-order valence-electron chi connectivity index (χ0n) is 31.7. The van der Waals surface area contributed by atoms with Crippen molar-refractivity contribution in [3.8, 4) is 28.5 Å². The third-order valence-electron chi connectivity index (χ3n) is 11.1. The van der Waals surface area contributed by atoms with Crippen LogP contribution < -0.4 is 0 Å². The molecule has 1 heterocycles. The first-order chi connectivity index (χ1) is 24.4. The van der Waals surface area contributed by atoms with E-state index in [1.54, 1.807) is 6.08 Å². The summed E-state index contributed by atoms with van der Waals surface area (Å²) in [6, 6.07) is 35.2. The topological polar surface area (TPSA) is 78.3 Å². The van der Waals surface area contributed by atoms with Gasteiger partial charge in [-0.2, -0.15) is 5.26 Å². The Hall–Kier alpha value is -4.62. The average molecular weight is 867 g/mol. The van der Waals surface area contributed by atoms with Crippen LogP contribution in [0.4, 0.5) is 0 Å². The largest absolute Gasteiger partial charge is 0.511 e. The molecule has 1 aromatic heterocycles. The SMILES string of the molecule is CCC(C)(CC)C(=[OH+])/C=C(\O)C(C)(CC)CC.Cc1[c-]c(-c2nccc3c2ccc2c4ccc(-c5ccc(C#N)cc5)cc4ccc32)cc(C)c1.[Ir]. The summed E-state index contributed by atoms with van der Waals surface area (Å²) in [7, 11) is 0. The number of nitriles is 1. The Kier molecular flexibility index (Phi) is 13.0. The molecule has 0 spiro atoms. The fourth-order valence-corrected chi connectivity index (χ4v) is 6.67. The van der Waals surface area contributed by atoms with Crippen molar-refractivity contribution < 1.29 is 30.0 Å². The monoisotopic (exact) mass is 867 g/mol. The first-order valence-corrected chi connectivity index (χ1v) is 18.1. The molecule has 0 aliphatic heterocycles. The van der Waals surface area contributed by atoms with Crippen LogP contribution in [-0.2, 0) is 20.1 Å². The van der Waals surface area contributed by atoms with Crippen LogP contribution in [0.25, 0.3) is 54.7 Å². The molecule has 0 saturated carbocycles. The summed E-state index contributed by atoms with van der Waals surface area (Å²) >= 11 is 0. The number of pyridine rings is 1. The number of hydrogen-bond donors (Lipinski definition) is 1. The summed E-state index contributed by atoms with van der Waals surface area (Å²) in [6.45, 7) is 16.5. The minimum absolute atomic E-state index is 0. The maximum absolute atomic E-state index is 10.2. The molecule has 1 radical (unpaired) electrons. The zero-order valence-corrected chi connectivity index (χ0v) is 34.1. The number of carbonyl (C=O) groups excluding carboxylic acids is 1. The second kappa shape index (κ2) is 16.8. The number of ketones is 1. The molecule has 0 saturated heterocycles. The molecule has 6 rings (SSSR count). The molecule has 5 aromatic carbocycles. The second-order valence-electron chi connectivity index (χ2n) is 14.3. The third-order valence-corrected chi connectivity index (χ3v) is 11.1. The molecule has 0 atom stereocenters. The second-order valence-corrected chi connectivity index (χ2v) is 14.3. The first kappa shape index (κ1) is 40.2. The molecule has 0 unspecified atom stereocenters. The van der Waals surface area contributed by atoms with E-state index in [2.05, 4.69) is 114 Å². The number of aryl methyl sites for hydroxylation is 2. The van der Waals surface area contributed by atoms with E-state index in [4.69, 9.17) is 10.2 Å². The van der Waals surface area contributed by atoms with E-state index in [0.29, 0.717) is 17.1 Å². The van der Waals surface area contributed by atoms with E-state index in [9.17, 15) is 9.90 Å². The summed E-state index contributed by atoms with van der Waals surface area (Å²) < 4.78 is 0. The van der Waals surface area contributed by atoms with Gasteiger partial charge in [0.15, 0.2) is 0 Å². The van der Waals surface area contributed by atoms with E-state index in [-0.39, 0.29) is 30.9 Å². The van der Waals surface area contributed by atoms with Crippen molar-refractivity contribution in [1.82, 2.24) is 4.98 Å². The molecule has 0 bridgehead atoms. The molecule has 0 aliphatic carbocycles. The number of aliphatic hydroxyl groups excluding tert-OH is 1. The number of aliphatic hydroxyl groups is 1. The van der Waals surface area contributed by atoms with Gasteiger partial charge >= 0.3 is 5.78 Å². The van der Waals surface area contributed by atoms with Crippen LogP contribution in [0.5, 0.6) is 0 Å². The molecule has 4 nitrogen and oxygen atoms in total. The van der Waals surface area contributed by atoms with Crippen LogP contribution in [0.15, 0.2) is 103 Å². The van der Waals surface area contributed by atoms with Gasteiger partial charge in [0, 0.05) is 31.7 Å². The van der Waals surface area contributed by atoms with E-state index < -0.39 is 0 Å². The Morgan fingerprint density at radius 2 is 1.31 bits per heavy atom. The van der Waals surface area contributed by atoms with Crippen LogP contribution in [0.3, 0.4) is 0 Å². The maximum Gasteiger partial charge on any atom is 0.325 e. The van der Waals surface area contributed by atoms with E-state index in [1.807, 2.05) is 44.3 Å². The number of fused-ring (bicyclic) bond motifs is 5. The molecule has 269 valence electrons. The average Bonchev–Trinajstić information content (AvgIpc) is 3.16. The quantitative estimate of drug-likeness (QED) is 0.0517. The molecular formula is C47H50IrN2O2. The smallest absolute Gasteiger partial charge is 0.325 e. The van der Waals surface area contributed by atoms with Gasteiger partial charge in [-0.3, -0.25) is 4.79 Å². The van der Waals surface area contributed by atoms with Gasteiger partial charge < -0.3 is 10.1 Å². The minimum atomic E-state index is -0.226. The molecule has 2 N–H and O–H groups in total. The van der Waals surface area contributed by atoms with Gasteiger partial charge in [-0.25, -0.2) is 0 Å². The van der Waals surface area contributed by atoms with Crippen molar-refractivity contribution in [3.63, 3.8) is 0 Å². The van der Waals surface area contributed by atoms with Gasteiger partial charge in [-0.15, -0.1) is 34.9 Å². The van der Waals surface area contributed by atoms with Crippen LogP contribution in [-0.4, -0.2) is 20.7 Å². The Morgan fingerprint density at radius 1 is 0.750 bits per heavy atom. The van der Waals surface area contributed by atoms with Crippen molar-refractivity contribution in [1.29, 1.82) is 5.26 Å².